The van der Waals surface area contributed by atoms with E-state index in [0.717, 1.165) is 33.5 Å². The average Bonchev–Trinajstić information content (AvgIpc) is 3.29. The summed E-state index contributed by atoms with van der Waals surface area (Å²) in [6.07, 6.45) is -9.52. The van der Waals surface area contributed by atoms with Crippen molar-refractivity contribution < 1.29 is 35.1 Å². The van der Waals surface area contributed by atoms with Gasteiger partial charge in [-0.05, 0) is 61.0 Å². The Kier molecular flexibility index (Phi) is 7.36. The first-order valence-electron chi connectivity index (χ1n) is 12.2. The average molecular weight is 678 g/mol. The van der Waals surface area contributed by atoms with Crippen LogP contribution in [-0.2, 0) is 22.9 Å². The van der Waals surface area contributed by atoms with Gasteiger partial charge in [-0.2, -0.15) is 35.1 Å². The van der Waals surface area contributed by atoms with E-state index < -0.39 is 94.8 Å². The fraction of sp³-hybridized carbons (Fsp3) is 0.185. The lowest BCUT2D eigenvalue weighted by Gasteiger charge is -2.22. The molecule has 2 aromatic heterocycles. The molecule has 0 aliphatic carbocycles. The van der Waals surface area contributed by atoms with Crippen LogP contribution in [0.25, 0.3) is 32.9 Å². The Hall–Kier alpha value is -3.33. The fourth-order valence-electron chi connectivity index (χ4n) is 5.18. The first kappa shape index (κ1) is 32.1. The summed E-state index contributed by atoms with van der Waals surface area (Å²) >= 11 is 0. The number of fused-ring (bicyclic) bond motifs is 2. The number of benzene rings is 3. The number of hydrogen-bond donors (Lipinski definition) is 0. The van der Waals surface area contributed by atoms with Crippen LogP contribution >= 0.6 is 27.7 Å². The van der Waals surface area contributed by atoms with Crippen LogP contribution in [0.4, 0.5) is 35.1 Å². The number of alkyl halides is 8. The van der Waals surface area contributed by atoms with E-state index in [2.05, 4.69) is 18.5 Å². The largest absolute Gasteiger partial charge is 0.416 e. The van der Waals surface area contributed by atoms with Crippen molar-refractivity contribution in [1.29, 1.82) is 0 Å². The van der Waals surface area contributed by atoms with Gasteiger partial charge < -0.3 is 0 Å². The van der Waals surface area contributed by atoms with Gasteiger partial charge in [0.25, 0.3) is 27.9 Å². The number of aromatic nitrogens is 2. The summed E-state index contributed by atoms with van der Waals surface area (Å²) in [7, 11) is 5.59. The molecule has 3 unspecified atom stereocenters. The highest BCUT2D eigenvalue weighted by Gasteiger charge is 2.41. The zero-order chi connectivity index (χ0) is 32.9. The quantitative estimate of drug-likeness (QED) is 0.179. The molecule has 230 valence electrons. The molecular formula is C27H17F8N2O4P3. The predicted molar refractivity (Wildman–Crippen MR) is 158 cm³/mol. The molecule has 0 bridgehead atoms. The molecule has 2 heterocycles. The van der Waals surface area contributed by atoms with Crippen LogP contribution in [0.3, 0.4) is 0 Å². The molecule has 5 aromatic rings. The SMILES string of the molecule is CC(P)(P)c1c2c(=O)n(-c3ccc(C(F)(F)F)cc3)c(=O)c2c(C(F)(F)P)c2c(=O)n(-c3ccc(C(F)(F)F)cc3)c(=O)c12. The Morgan fingerprint density at radius 1 is 0.500 bits per heavy atom. The monoisotopic (exact) mass is 678 g/mol. The van der Waals surface area contributed by atoms with Crippen LogP contribution in [-0.4, -0.2) is 9.13 Å². The molecule has 3 aromatic carbocycles. The highest BCUT2D eigenvalue weighted by atomic mass is 31.1. The summed E-state index contributed by atoms with van der Waals surface area (Å²) in [6.45, 7) is 1.40. The van der Waals surface area contributed by atoms with Gasteiger partial charge in [0.05, 0.1) is 49.6 Å². The minimum absolute atomic E-state index is 0.337. The van der Waals surface area contributed by atoms with E-state index in [-0.39, 0.29) is 5.56 Å². The standard InChI is InChI=1S/C27H17F8N2O4P3/c1-24(42,43)18-14-16(22(40)36(20(14)38)12-6-2-10(3-7-12)25(28,29)30)19(27(34,35)44)17-15(18)21(39)37(23(17)41)13-8-4-11(5-9-13)26(31,32)33/h2-9H,42-44H2,1H3. The van der Waals surface area contributed by atoms with Crippen molar-refractivity contribution >= 4 is 49.3 Å². The third-order valence-electron chi connectivity index (χ3n) is 6.95. The highest BCUT2D eigenvalue weighted by molar-refractivity contribution is 7.39. The zero-order valence-corrected chi connectivity index (χ0v) is 25.4. The van der Waals surface area contributed by atoms with E-state index in [9.17, 15) is 45.5 Å². The smallest absolute Gasteiger partial charge is 0.268 e. The molecule has 0 amide bonds. The lowest BCUT2D eigenvalue weighted by atomic mass is 9.94. The summed E-state index contributed by atoms with van der Waals surface area (Å²) < 4.78 is 110. The van der Waals surface area contributed by atoms with Crippen LogP contribution in [0.5, 0.6) is 0 Å². The Bertz CT molecular complexity index is 1940. The molecule has 5 rings (SSSR count). The second-order valence-electron chi connectivity index (χ2n) is 10.1. The van der Waals surface area contributed by atoms with Gasteiger partial charge in [-0.3, -0.25) is 19.2 Å². The van der Waals surface area contributed by atoms with Gasteiger partial charge in [-0.25, -0.2) is 9.13 Å². The van der Waals surface area contributed by atoms with Crippen LogP contribution in [0, 0.1) is 0 Å². The van der Waals surface area contributed by atoms with E-state index in [1.807, 2.05) is 0 Å². The van der Waals surface area contributed by atoms with Crippen molar-refractivity contribution in [2.24, 2.45) is 0 Å². The minimum atomic E-state index is -4.76. The molecule has 0 radical (unpaired) electrons. The molecule has 44 heavy (non-hydrogen) atoms. The summed E-state index contributed by atoms with van der Waals surface area (Å²) in [5.41, 5.74) is -14.1. The van der Waals surface area contributed by atoms with Crippen molar-refractivity contribution in [3.05, 3.63) is 112 Å². The van der Waals surface area contributed by atoms with Crippen molar-refractivity contribution in [3.63, 3.8) is 0 Å². The maximum Gasteiger partial charge on any atom is 0.416 e. The lowest BCUT2D eigenvalue weighted by molar-refractivity contribution is -0.138. The van der Waals surface area contributed by atoms with Gasteiger partial charge in [0.1, 0.15) is 0 Å². The number of rotatable bonds is 4. The molecule has 0 saturated heterocycles. The van der Waals surface area contributed by atoms with Crippen LogP contribution in [0.2, 0.25) is 0 Å². The molecule has 0 N–H and O–H groups in total. The number of hydrogen-bond acceptors (Lipinski definition) is 4. The molecule has 0 saturated carbocycles. The Labute approximate surface area is 247 Å². The van der Waals surface area contributed by atoms with Crippen molar-refractivity contribution in [2.75, 3.05) is 0 Å². The summed E-state index contributed by atoms with van der Waals surface area (Å²) in [5, 5.41) is -3.27. The first-order valence-corrected chi connectivity index (χ1v) is 13.9. The third kappa shape index (κ3) is 5.01. The second kappa shape index (κ2) is 10.1. The molecule has 0 aliphatic rings. The first-order chi connectivity index (χ1) is 20.1. The lowest BCUT2D eigenvalue weighted by Crippen LogP contribution is -2.25. The van der Waals surface area contributed by atoms with Gasteiger partial charge in [0.15, 0.2) is 0 Å². The van der Waals surface area contributed by atoms with E-state index >= 15 is 8.78 Å². The van der Waals surface area contributed by atoms with Gasteiger partial charge in [-0.1, -0.05) is 9.24 Å². The van der Waals surface area contributed by atoms with E-state index in [4.69, 9.17) is 0 Å². The summed E-state index contributed by atoms with van der Waals surface area (Å²) in [6, 6.07) is 5.48. The summed E-state index contributed by atoms with van der Waals surface area (Å²) in [5.74, 6) is 0. The molecule has 17 heteroatoms. The molecule has 6 nitrogen and oxygen atoms in total. The van der Waals surface area contributed by atoms with E-state index in [1.54, 1.807) is 0 Å². The van der Waals surface area contributed by atoms with Gasteiger partial charge in [0.2, 0.25) is 0 Å². The third-order valence-corrected chi connectivity index (χ3v) is 7.81. The number of nitrogens with zero attached hydrogens (tertiary/aromatic N) is 2. The minimum Gasteiger partial charge on any atom is -0.268 e. The second-order valence-corrected chi connectivity index (χ2v) is 13.9. The van der Waals surface area contributed by atoms with Gasteiger partial charge >= 0.3 is 12.4 Å². The predicted octanol–water partition coefficient (Wildman–Crippen LogP) is 5.78. The number of halogens is 8. The Morgan fingerprint density at radius 3 is 1.00 bits per heavy atom. The maximum atomic E-state index is 15.4. The topological polar surface area (TPSA) is 78.1 Å². The summed E-state index contributed by atoms with van der Waals surface area (Å²) in [4.78, 5) is 53.6. The van der Waals surface area contributed by atoms with Crippen molar-refractivity contribution in [1.82, 2.24) is 9.13 Å². The molecule has 0 spiro atoms. The normalized spacial score (nSPS) is 13.4. The van der Waals surface area contributed by atoms with Crippen LogP contribution < -0.4 is 22.2 Å². The fourth-order valence-corrected chi connectivity index (χ4v) is 6.04. The highest BCUT2D eigenvalue weighted by Crippen LogP contribution is 2.48. The molecule has 0 fully saturated rings. The molecule has 0 aliphatic heterocycles. The molecule has 3 atom stereocenters. The Balaban J connectivity index is 1.99. The van der Waals surface area contributed by atoms with Crippen LogP contribution in [0.1, 0.15) is 29.2 Å². The zero-order valence-electron chi connectivity index (χ0n) is 21.9. The van der Waals surface area contributed by atoms with Gasteiger partial charge in [-0.15, -0.1) is 18.5 Å². The Morgan fingerprint density at radius 2 is 0.773 bits per heavy atom. The molecular weight excluding hydrogens is 661 g/mol. The van der Waals surface area contributed by atoms with Gasteiger partial charge in [0, 0.05) is 4.90 Å². The van der Waals surface area contributed by atoms with E-state index in [1.165, 1.54) is 6.92 Å². The van der Waals surface area contributed by atoms with E-state index in [0.29, 0.717) is 33.4 Å². The van der Waals surface area contributed by atoms with Crippen molar-refractivity contribution in [2.45, 2.75) is 29.8 Å². The maximum absolute atomic E-state index is 15.4. The van der Waals surface area contributed by atoms with Crippen LogP contribution in [0.15, 0.2) is 67.7 Å². The van der Waals surface area contributed by atoms with Crippen molar-refractivity contribution in [3.8, 4) is 11.4 Å².